The second-order valence-electron chi connectivity index (χ2n) is 4.39. The van der Waals surface area contributed by atoms with Gasteiger partial charge in [0.15, 0.2) is 0 Å². The molecule has 0 spiro atoms. The van der Waals surface area contributed by atoms with Gasteiger partial charge in [-0.2, -0.15) is 0 Å². The Bertz CT molecular complexity index is 476. The quantitative estimate of drug-likeness (QED) is 0.411. The minimum absolute atomic E-state index is 0.0770. The van der Waals surface area contributed by atoms with Crippen molar-refractivity contribution < 1.29 is 14.8 Å². The molecule has 1 aromatic rings. The molecule has 0 fully saturated rings. The maximum atomic E-state index is 11.7. The number of nitrogens with zero attached hydrogens (tertiary/aromatic N) is 1. The van der Waals surface area contributed by atoms with E-state index in [0.717, 1.165) is 6.07 Å². The normalized spacial score (nSPS) is 11.9. The number of carbonyl (C=O) groups excluding carboxylic acids is 1. The van der Waals surface area contributed by atoms with Crippen molar-refractivity contribution >= 4 is 17.3 Å². The van der Waals surface area contributed by atoms with Crippen LogP contribution in [0, 0.1) is 16.0 Å². The van der Waals surface area contributed by atoms with Crippen LogP contribution in [0.2, 0.25) is 0 Å². The molecule has 0 aromatic heterocycles. The van der Waals surface area contributed by atoms with E-state index in [1.807, 2.05) is 6.92 Å². The molecule has 7 nitrogen and oxygen atoms in total. The second kappa shape index (κ2) is 6.69. The number of rotatable bonds is 6. The van der Waals surface area contributed by atoms with E-state index in [2.05, 4.69) is 5.32 Å². The highest BCUT2D eigenvalue weighted by atomic mass is 16.6. The summed E-state index contributed by atoms with van der Waals surface area (Å²) in [6, 6.07) is 3.58. The molecule has 0 radical (unpaired) electrons. The van der Waals surface area contributed by atoms with Gasteiger partial charge < -0.3 is 16.2 Å². The third-order valence-corrected chi connectivity index (χ3v) is 2.72. The Labute approximate surface area is 110 Å². The fraction of sp³-hybridized carbons (Fsp3) is 0.417. The van der Waals surface area contributed by atoms with E-state index in [1.165, 1.54) is 12.1 Å². The minimum Gasteiger partial charge on any atom is -0.508 e. The average molecular weight is 267 g/mol. The Hall–Kier alpha value is -2.15. The van der Waals surface area contributed by atoms with Gasteiger partial charge in [-0.1, -0.05) is 6.92 Å². The van der Waals surface area contributed by atoms with E-state index in [4.69, 9.17) is 5.73 Å². The number of amides is 1. The average Bonchev–Trinajstić information content (AvgIpc) is 2.37. The minimum atomic E-state index is -0.655. The van der Waals surface area contributed by atoms with Crippen LogP contribution in [-0.4, -0.2) is 22.5 Å². The van der Waals surface area contributed by atoms with Gasteiger partial charge in [-0.25, -0.2) is 0 Å². The van der Waals surface area contributed by atoms with E-state index in [-0.39, 0.29) is 35.4 Å². The second-order valence-corrected chi connectivity index (χ2v) is 4.39. The monoisotopic (exact) mass is 267 g/mol. The topological polar surface area (TPSA) is 118 Å². The molecular formula is C12H17N3O4. The highest BCUT2D eigenvalue weighted by Crippen LogP contribution is 2.28. The van der Waals surface area contributed by atoms with Crippen LogP contribution in [-0.2, 0) is 4.79 Å². The molecule has 0 heterocycles. The van der Waals surface area contributed by atoms with Crippen molar-refractivity contribution in [1.29, 1.82) is 0 Å². The Morgan fingerprint density at radius 1 is 1.58 bits per heavy atom. The number of nitro benzene ring substituents is 1. The maximum absolute atomic E-state index is 11.7. The third-order valence-electron chi connectivity index (χ3n) is 2.72. The molecule has 1 rings (SSSR count). The lowest BCUT2D eigenvalue weighted by Gasteiger charge is -2.09. The molecule has 1 unspecified atom stereocenters. The Balaban J connectivity index is 2.71. The van der Waals surface area contributed by atoms with Gasteiger partial charge in [0.1, 0.15) is 11.4 Å². The van der Waals surface area contributed by atoms with E-state index in [0.29, 0.717) is 13.0 Å². The smallest absolute Gasteiger partial charge is 0.296 e. The van der Waals surface area contributed by atoms with Crippen LogP contribution in [0.1, 0.15) is 19.8 Å². The number of anilines is 1. The number of aromatic hydroxyl groups is 1. The zero-order chi connectivity index (χ0) is 14.4. The molecule has 19 heavy (non-hydrogen) atoms. The van der Waals surface area contributed by atoms with Gasteiger partial charge >= 0.3 is 0 Å². The van der Waals surface area contributed by atoms with E-state index >= 15 is 0 Å². The van der Waals surface area contributed by atoms with Crippen molar-refractivity contribution in [2.75, 3.05) is 11.9 Å². The lowest BCUT2D eigenvalue weighted by molar-refractivity contribution is -0.384. The highest BCUT2D eigenvalue weighted by Gasteiger charge is 2.16. The van der Waals surface area contributed by atoms with Crippen LogP contribution in [0.4, 0.5) is 11.4 Å². The Morgan fingerprint density at radius 3 is 2.84 bits per heavy atom. The van der Waals surface area contributed by atoms with Crippen molar-refractivity contribution in [2.45, 2.75) is 19.8 Å². The van der Waals surface area contributed by atoms with Crippen LogP contribution >= 0.6 is 0 Å². The molecule has 0 saturated carbocycles. The maximum Gasteiger partial charge on any atom is 0.296 e. The van der Waals surface area contributed by atoms with Gasteiger partial charge in [-0.3, -0.25) is 14.9 Å². The first-order chi connectivity index (χ1) is 8.93. The molecule has 4 N–H and O–H groups in total. The summed E-state index contributed by atoms with van der Waals surface area (Å²) in [6.45, 7) is 2.42. The number of nitrogens with one attached hydrogen (secondary N) is 1. The molecule has 0 aliphatic rings. The van der Waals surface area contributed by atoms with Gasteiger partial charge in [0.25, 0.3) is 5.69 Å². The molecule has 104 valence electrons. The van der Waals surface area contributed by atoms with E-state index in [9.17, 15) is 20.0 Å². The zero-order valence-electron chi connectivity index (χ0n) is 10.6. The molecule has 0 aliphatic heterocycles. The van der Waals surface area contributed by atoms with Gasteiger partial charge in [0.2, 0.25) is 5.91 Å². The summed E-state index contributed by atoms with van der Waals surface area (Å²) in [7, 11) is 0. The van der Waals surface area contributed by atoms with Gasteiger partial charge in [0, 0.05) is 6.42 Å². The molecule has 1 aromatic carbocycles. The molecular weight excluding hydrogens is 250 g/mol. The molecule has 1 atom stereocenters. The largest absolute Gasteiger partial charge is 0.508 e. The van der Waals surface area contributed by atoms with Crippen molar-refractivity contribution in [3.05, 3.63) is 28.3 Å². The van der Waals surface area contributed by atoms with Crippen LogP contribution in [0.3, 0.4) is 0 Å². The SMILES string of the molecule is CC(CN)CCC(=O)Nc1ccc(O)cc1[N+](=O)[O-]. The summed E-state index contributed by atoms with van der Waals surface area (Å²) in [5, 5.41) is 22.5. The molecule has 0 bridgehead atoms. The fourth-order valence-corrected chi connectivity index (χ4v) is 1.48. The van der Waals surface area contributed by atoms with Crippen LogP contribution in [0.15, 0.2) is 18.2 Å². The number of hydrogen-bond donors (Lipinski definition) is 3. The van der Waals surface area contributed by atoms with Crippen molar-refractivity contribution in [2.24, 2.45) is 11.7 Å². The Morgan fingerprint density at radius 2 is 2.26 bits per heavy atom. The zero-order valence-corrected chi connectivity index (χ0v) is 10.6. The predicted molar refractivity (Wildman–Crippen MR) is 70.8 cm³/mol. The first-order valence-corrected chi connectivity index (χ1v) is 5.91. The predicted octanol–water partition coefficient (Wildman–Crippen LogP) is 1.61. The van der Waals surface area contributed by atoms with Crippen LogP contribution in [0.5, 0.6) is 5.75 Å². The summed E-state index contributed by atoms with van der Waals surface area (Å²) in [5.41, 5.74) is 5.19. The number of carbonyl (C=O) groups is 1. The summed E-state index contributed by atoms with van der Waals surface area (Å²) in [4.78, 5) is 21.8. The molecule has 1 amide bonds. The van der Waals surface area contributed by atoms with Crippen LogP contribution in [0.25, 0.3) is 0 Å². The van der Waals surface area contributed by atoms with Gasteiger partial charge in [-0.15, -0.1) is 0 Å². The Kier molecular flexibility index (Phi) is 5.25. The standard InChI is InChI=1S/C12H17N3O4/c1-8(7-13)2-5-12(17)14-10-4-3-9(16)6-11(10)15(18)19/h3-4,6,8,16H,2,5,7,13H2,1H3,(H,14,17). The lowest BCUT2D eigenvalue weighted by Crippen LogP contribution is -2.16. The fourth-order valence-electron chi connectivity index (χ4n) is 1.48. The number of nitrogens with two attached hydrogens (primary N) is 1. The van der Waals surface area contributed by atoms with Crippen molar-refractivity contribution in [1.82, 2.24) is 0 Å². The number of phenols is 1. The van der Waals surface area contributed by atoms with Crippen molar-refractivity contribution in [3.8, 4) is 5.75 Å². The summed E-state index contributed by atoms with van der Waals surface area (Å²) >= 11 is 0. The highest BCUT2D eigenvalue weighted by molar-refractivity contribution is 5.93. The van der Waals surface area contributed by atoms with E-state index in [1.54, 1.807) is 0 Å². The van der Waals surface area contributed by atoms with Crippen LogP contribution < -0.4 is 11.1 Å². The number of hydrogen-bond acceptors (Lipinski definition) is 5. The van der Waals surface area contributed by atoms with Gasteiger partial charge in [0.05, 0.1) is 11.0 Å². The summed E-state index contributed by atoms with van der Waals surface area (Å²) in [5.74, 6) is -0.309. The summed E-state index contributed by atoms with van der Waals surface area (Å²) in [6.07, 6.45) is 0.866. The lowest BCUT2D eigenvalue weighted by atomic mass is 10.1. The number of phenolic OH excluding ortho intramolecular Hbond substituents is 1. The summed E-state index contributed by atoms with van der Waals surface area (Å²) < 4.78 is 0. The number of nitro groups is 1. The first kappa shape index (κ1) is 14.9. The number of benzene rings is 1. The first-order valence-electron chi connectivity index (χ1n) is 5.91. The molecule has 0 aliphatic carbocycles. The third kappa shape index (κ3) is 4.55. The molecule has 7 heteroatoms. The van der Waals surface area contributed by atoms with Gasteiger partial charge in [-0.05, 0) is 31.0 Å². The van der Waals surface area contributed by atoms with E-state index < -0.39 is 4.92 Å². The van der Waals surface area contributed by atoms with Crippen molar-refractivity contribution in [3.63, 3.8) is 0 Å². The molecule has 0 saturated heterocycles.